The minimum Gasteiger partial charge on any atom is -0.346 e. The van der Waals surface area contributed by atoms with Crippen LogP contribution >= 0.6 is 23.2 Å². The number of nitrogens with zero attached hydrogens (tertiary/aromatic N) is 3. The molecule has 0 radical (unpaired) electrons. The van der Waals surface area contributed by atoms with Crippen molar-refractivity contribution in [2.45, 2.75) is 38.6 Å². The van der Waals surface area contributed by atoms with Gasteiger partial charge in [0, 0.05) is 49.2 Å². The number of hydrogen-bond donors (Lipinski definition) is 0. The summed E-state index contributed by atoms with van der Waals surface area (Å²) in [6.45, 7) is 10.1. The second kappa shape index (κ2) is 9.01. The summed E-state index contributed by atoms with van der Waals surface area (Å²) in [5.74, 6) is 0.0655. The second-order valence-electron chi connectivity index (χ2n) is 7.93. The maximum absolute atomic E-state index is 12.9. The third-order valence-corrected chi connectivity index (χ3v) is 8.16. The third-order valence-electron chi connectivity index (χ3n) is 5.53. The Morgan fingerprint density at radius 1 is 1.03 bits per heavy atom. The van der Waals surface area contributed by atoms with E-state index in [0.29, 0.717) is 37.2 Å². The molecule has 0 saturated carbocycles. The molecule has 1 aliphatic rings. The maximum Gasteiger partial charge on any atom is 0.243 e. The monoisotopic (exact) mass is 471 g/mol. The zero-order valence-corrected chi connectivity index (χ0v) is 20.0. The molecule has 6 nitrogen and oxygen atoms in total. The lowest BCUT2D eigenvalue weighted by molar-refractivity contribution is 0.0901. The number of aromatic nitrogens is 1. The van der Waals surface area contributed by atoms with Crippen LogP contribution in [0.1, 0.15) is 41.6 Å². The van der Waals surface area contributed by atoms with Gasteiger partial charge < -0.3 is 4.57 Å². The molecule has 2 heterocycles. The highest BCUT2D eigenvalue weighted by Gasteiger charge is 2.30. The van der Waals surface area contributed by atoms with Crippen LogP contribution in [0.4, 0.5) is 0 Å². The average molecular weight is 472 g/mol. The summed E-state index contributed by atoms with van der Waals surface area (Å²) in [6.07, 6.45) is 0. The van der Waals surface area contributed by atoms with E-state index in [0.717, 1.165) is 17.0 Å². The molecule has 0 aliphatic carbocycles. The summed E-state index contributed by atoms with van der Waals surface area (Å²) in [4.78, 5) is 15.0. The fourth-order valence-corrected chi connectivity index (χ4v) is 5.87. The Balaban J connectivity index is 1.65. The summed E-state index contributed by atoms with van der Waals surface area (Å²) in [5, 5.41) is 0.525. The molecule has 164 valence electrons. The molecule has 3 rings (SSSR count). The smallest absolute Gasteiger partial charge is 0.243 e. The Bertz CT molecular complexity index is 1060. The van der Waals surface area contributed by atoms with E-state index >= 15 is 0 Å². The molecule has 0 atom stereocenters. The minimum atomic E-state index is -3.65. The van der Waals surface area contributed by atoms with Gasteiger partial charge in [-0.05, 0) is 52.0 Å². The van der Waals surface area contributed by atoms with Crippen molar-refractivity contribution in [1.82, 2.24) is 13.8 Å². The van der Waals surface area contributed by atoms with Crippen molar-refractivity contribution in [2.75, 3.05) is 32.7 Å². The first kappa shape index (κ1) is 23.3. The molecule has 1 aliphatic heterocycles. The number of hydrogen-bond acceptors (Lipinski definition) is 4. The number of aryl methyl sites for hydroxylation is 1. The summed E-state index contributed by atoms with van der Waals surface area (Å²) < 4.78 is 29.4. The van der Waals surface area contributed by atoms with Crippen molar-refractivity contribution in [3.05, 3.63) is 51.3 Å². The number of Topliss-reactive ketones (excluding diaryl/α,β-unsaturated/α-hetero) is 1. The molecule has 9 heteroatoms. The van der Waals surface area contributed by atoms with Gasteiger partial charge in [0.2, 0.25) is 10.0 Å². The Morgan fingerprint density at radius 3 is 2.20 bits per heavy atom. The normalized spacial score (nSPS) is 16.4. The average Bonchev–Trinajstić information content (AvgIpc) is 2.98. The van der Waals surface area contributed by atoms with Gasteiger partial charge in [0.15, 0.2) is 5.78 Å². The fraction of sp³-hybridized carbons (Fsp3) is 0.476. The molecule has 1 aromatic carbocycles. The number of benzene rings is 1. The zero-order valence-electron chi connectivity index (χ0n) is 17.7. The number of carbonyl (C=O) groups is 1. The van der Waals surface area contributed by atoms with E-state index in [9.17, 15) is 13.2 Å². The fourth-order valence-electron chi connectivity index (χ4n) is 4.06. The predicted octanol–water partition coefficient (Wildman–Crippen LogP) is 4.18. The van der Waals surface area contributed by atoms with Crippen LogP contribution in [0.2, 0.25) is 10.0 Å². The van der Waals surface area contributed by atoms with Gasteiger partial charge in [-0.3, -0.25) is 9.69 Å². The van der Waals surface area contributed by atoms with Gasteiger partial charge >= 0.3 is 0 Å². The van der Waals surface area contributed by atoms with Crippen LogP contribution in [0.5, 0.6) is 0 Å². The predicted molar refractivity (Wildman–Crippen MR) is 120 cm³/mol. The summed E-state index contributed by atoms with van der Waals surface area (Å²) >= 11 is 11.9. The Hall–Kier alpha value is -1.38. The molecule has 1 saturated heterocycles. The summed E-state index contributed by atoms with van der Waals surface area (Å²) in [6, 6.07) is 6.56. The minimum absolute atomic E-state index is 0.0655. The van der Waals surface area contributed by atoms with Crippen molar-refractivity contribution < 1.29 is 13.2 Å². The molecule has 0 N–H and O–H groups in total. The van der Waals surface area contributed by atoms with Gasteiger partial charge in [0.05, 0.1) is 21.5 Å². The van der Waals surface area contributed by atoms with E-state index in [1.54, 1.807) is 0 Å². The summed E-state index contributed by atoms with van der Waals surface area (Å²) in [7, 11) is -3.65. The molecule has 1 aromatic heterocycles. The Labute approximate surface area is 188 Å². The molecule has 0 unspecified atom stereocenters. The van der Waals surface area contributed by atoms with Crippen LogP contribution in [0.15, 0.2) is 29.2 Å². The second-order valence-corrected chi connectivity index (χ2v) is 10.7. The number of carbonyl (C=O) groups excluding carboxylic acids is 1. The number of ketones is 1. The first-order chi connectivity index (χ1) is 14.0. The first-order valence-electron chi connectivity index (χ1n) is 9.91. The highest BCUT2D eigenvalue weighted by atomic mass is 35.5. The van der Waals surface area contributed by atoms with E-state index in [-0.39, 0.29) is 22.2 Å². The number of rotatable bonds is 6. The Kier molecular flexibility index (Phi) is 6.99. The maximum atomic E-state index is 12.9. The van der Waals surface area contributed by atoms with Gasteiger partial charge in [-0.1, -0.05) is 23.2 Å². The lowest BCUT2D eigenvalue weighted by Crippen LogP contribution is -2.49. The van der Waals surface area contributed by atoms with Crippen molar-refractivity contribution in [3.8, 4) is 0 Å². The van der Waals surface area contributed by atoms with Crippen LogP contribution < -0.4 is 0 Å². The number of halogens is 2. The van der Waals surface area contributed by atoms with Crippen molar-refractivity contribution in [1.29, 1.82) is 0 Å². The molecule has 0 amide bonds. The van der Waals surface area contributed by atoms with Crippen LogP contribution in [0.25, 0.3) is 0 Å². The van der Waals surface area contributed by atoms with Crippen molar-refractivity contribution >= 4 is 39.0 Å². The quantitative estimate of drug-likeness (QED) is 0.592. The highest BCUT2D eigenvalue weighted by molar-refractivity contribution is 7.89. The third kappa shape index (κ3) is 4.60. The molecule has 0 spiro atoms. The van der Waals surface area contributed by atoms with E-state index < -0.39 is 10.0 Å². The van der Waals surface area contributed by atoms with Gasteiger partial charge in [0.1, 0.15) is 0 Å². The largest absolute Gasteiger partial charge is 0.346 e. The summed E-state index contributed by atoms with van der Waals surface area (Å²) in [5.41, 5.74) is 2.80. The number of sulfonamides is 1. The lowest BCUT2D eigenvalue weighted by Gasteiger charge is -2.33. The molecule has 30 heavy (non-hydrogen) atoms. The van der Waals surface area contributed by atoms with Gasteiger partial charge in [0.25, 0.3) is 0 Å². The van der Waals surface area contributed by atoms with E-state index in [1.165, 1.54) is 22.5 Å². The van der Waals surface area contributed by atoms with Crippen LogP contribution in [0, 0.1) is 13.8 Å². The van der Waals surface area contributed by atoms with Gasteiger partial charge in [-0.2, -0.15) is 4.31 Å². The standard InChI is InChI=1S/C21H27Cl2N3O3S/c1-14(2)26-15(3)11-18(16(26)4)21(27)13-24-7-9-25(10-8-24)30(28,29)17-5-6-19(22)20(23)12-17/h5-6,11-12,14H,7-10,13H2,1-4H3. The molecular formula is C21H27Cl2N3O3S. The van der Waals surface area contributed by atoms with Crippen LogP contribution in [0.3, 0.4) is 0 Å². The topological polar surface area (TPSA) is 62.6 Å². The van der Waals surface area contributed by atoms with E-state index in [2.05, 4.69) is 18.4 Å². The molecule has 1 fully saturated rings. The zero-order chi connectivity index (χ0) is 22.2. The van der Waals surface area contributed by atoms with Crippen molar-refractivity contribution in [3.63, 3.8) is 0 Å². The molecular weight excluding hydrogens is 445 g/mol. The molecule has 2 aromatic rings. The SMILES string of the molecule is Cc1cc(C(=O)CN2CCN(S(=O)(=O)c3ccc(Cl)c(Cl)c3)CC2)c(C)n1C(C)C. The van der Waals surface area contributed by atoms with Crippen molar-refractivity contribution in [2.24, 2.45) is 0 Å². The van der Waals surface area contributed by atoms with Gasteiger partial charge in [-0.15, -0.1) is 0 Å². The van der Waals surface area contributed by atoms with Gasteiger partial charge in [-0.25, -0.2) is 8.42 Å². The Morgan fingerprint density at radius 2 is 1.67 bits per heavy atom. The van der Waals surface area contributed by atoms with Crippen LogP contribution in [-0.4, -0.2) is 60.7 Å². The first-order valence-corrected chi connectivity index (χ1v) is 12.1. The van der Waals surface area contributed by atoms with E-state index in [1.807, 2.05) is 24.8 Å². The number of piperazine rings is 1. The molecule has 0 bridgehead atoms. The lowest BCUT2D eigenvalue weighted by atomic mass is 10.1. The van der Waals surface area contributed by atoms with E-state index in [4.69, 9.17) is 23.2 Å². The highest BCUT2D eigenvalue weighted by Crippen LogP contribution is 2.27. The van der Waals surface area contributed by atoms with Crippen LogP contribution in [-0.2, 0) is 10.0 Å².